The van der Waals surface area contributed by atoms with Crippen molar-refractivity contribution in [2.24, 2.45) is 0 Å². The molecule has 0 aromatic rings. The molecule has 0 aliphatic rings. The van der Waals surface area contributed by atoms with Gasteiger partial charge in [0, 0.05) is 20.4 Å². The minimum atomic E-state index is -0.543. The van der Waals surface area contributed by atoms with E-state index in [1.807, 2.05) is 0 Å². The van der Waals surface area contributed by atoms with E-state index < -0.39 is 19.8 Å². The van der Waals surface area contributed by atoms with Gasteiger partial charge >= 0.3 is 42.1 Å². The summed E-state index contributed by atoms with van der Waals surface area (Å²) in [6.45, 7) is 22.6. The Kier molecular flexibility index (Phi) is 35.7. The van der Waals surface area contributed by atoms with E-state index in [0.717, 1.165) is 26.2 Å². The maximum absolute atomic E-state index is 2.36. The molecule has 0 saturated heterocycles. The van der Waals surface area contributed by atoms with Gasteiger partial charge in [0.15, 0.2) is 0 Å². The SMILES string of the molecule is CCN([B]N(CC)CC)CC.CP(C)CCP(C)C.[CH3][Sn]([CH3])[CH3].[Pd]. The molecule has 0 fully saturated rings. The van der Waals surface area contributed by atoms with Crippen molar-refractivity contribution in [1.82, 2.24) is 9.62 Å². The van der Waals surface area contributed by atoms with Crippen molar-refractivity contribution in [3.63, 3.8) is 0 Å². The van der Waals surface area contributed by atoms with E-state index in [1.54, 1.807) is 0 Å². The Morgan fingerprint density at radius 2 is 0.875 bits per heavy atom. The first-order valence-electron chi connectivity index (χ1n) is 9.03. The summed E-state index contributed by atoms with van der Waals surface area (Å²) < 4.78 is 0. The Hall–Kier alpha value is 2.31. The van der Waals surface area contributed by atoms with Gasteiger partial charge in [-0.2, -0.15) is 0 Å². The average molecular weight is 575 g/mol. The molecule has 2 nitrogen and oxygen atoms in total. The molecule has 0 heterocycles. The molecule has 0 aromatic heterocycles. The normalized spacial score (nSPS) is 10.3. The Morgan fingerprint density at radius 1 is 0.667 bits per heavy atom. The summed E-state index contributed by atoms with van der Waals surface area (Å²) >= 11 is -0.543. The van der Waals surface area contributed by atoms with Crippen molar-refractivity contribution in [2.75, 3.05) is 65.2 Å². The van der Waals surface area contributed by atoms with Gasteiger partial charge < -0.3 is 9.62 Å². The van der Waals surface area contributed by atoms with Crippen molar-refractivity contribution < 1.29 is 20.4 Å². The van der Waals surface area contributed by atoms with Crippen LogP contribution in [0.5, 0.6) is 0 Å². The topological polar surface area (TPSA) is 6.48 Å². The van der Waals surface area contributed by atoms with Crippen LogP contribution in [0.15, 0.2) is 0 Å². The zero-order valence-electron chi connectivity index (χ0n) is 18.4. The average Bonchev–Trinajstić information content (AvgIpc) is 2.47. The molecular formula is C17H45BN2P2PdSn. The maximum Gasteiger partial charge on any atom is 0 e. The smallest absolute Gasteiger partial charge is 0 e. The van der Waals surface area contributed by atoms with E-state index in [1.165, 1.54) is 12.3 Å². The van der Waals surface area contributed by atoms with Gasteiger partial charge in [0.1, 0.15) is 0 Å². The predicted molar refractivity (Wildman–Crippen MR) is 122 cm³/mol. The van der Waals surface area contributed by atoms with Crippen molar-refractivity contribution in [3.8, 4) is 0 Å². The molecule has 0 N–H and O–H groups in total. The summed E-state index contributed by atoms with van der Waals surface area (Å²) in [6, 6.07) is 0. The zero-order chi connectivity index (χ0) is 18.8. The van der Waals surface area contributed by atoms with Crippen LogP contribution in [0.25, 0.3) is 0 Å². The van der Waals surface area contributed by atoms with E-state index in [-0.39, 0.29) is 20.4 Å². The number of nitrogens with zero attached hydrogens (tertiary/aromatic N) is 2. The summed E-state index contributed by atoms with van der Waals surface area (Å²) in [5.74, 6) is 0. The van der Waals surface area contributed by atoms with Gasteiger partial charge in [-0.3, -0.25) is 0 Å². The van der Waals surface area contributed by atoms with Crippen LogP contribution in [0.1, 0.15) is 27.7 Å². The fourth-order valence-electron chi connectivity index (χ4n) is 1.40. The quantitative estimate of drug-likeness (QED) is 0.281. The molecule has 0 spiro atoms. The zero-order valence-corrected chi connectivity index (χ0v) is 24.6. The Bertz CT molecular complexity index is 198. The number of rotatable bonds is 9. The molecule has 0 rings (SSSR count). The van der Waals surface area contributed by atoms with Crippen LogP contribution in [-0.4, -0.2) is 102 Å². The van der Waals surface area contributed by atoms with Crippen LogP contribution in [0.4, 0.5) is 0 Å². The van der Waals surface area contributed by atoms with Crippen molar-refractivity contribution in [1.29, 1.82) is 0 Å². The Labute approximate surface area is 179 Å². The van der Waals surface area contributed by atoms with Gasteiger partial charge in [0.25, 0.3) is 0 Å². The summed E-state index contributed by atoms with van der Waals surface area (Å²) in [6.07, 6.45) is 2.96. The fourth-order valence-corrected chi connectivity index (χ4v) is 4.60. The first kappa shape index (κ1) is 33.9. The predicted octanol–water partition coefficient (Wildman–Crippen LogP) is 5.04. The number of hydrogen-bond donors (Lipinski definition) is 0. The molecule has 2 radical (unpaired) electrons. The molecule has 0 amide bonds. The molecule has 7 heteroatoms. The fraction of sp³-hybridized carbons (Fsp3) is 1.00. The van der Waals surface area contributed by atoms with Crippen LogP contribution in [-0.2, 0) is 20.4 Å². The summed E-state index contributed by atoms with van der Waals surface area (Å²) in [5, 5.41) is 0. The second-order valence-corrected chi connectivity index (χ2v) is 20.4. The number of hydrogen-bond acceptors (Lipinski definition) is 2. The molecule has 0 aromatic carbocycles. The van der Waals surface area contributed by atoms with Crippen LogP contribution < -0.4 is 0 Å². The summed E-state index contributed by atoms with van der Waals surface area (Å²) in [7, 11) is 2.99. The van der Waals surface area contributed by atoms with Crippen molar-refractivity contribution in [2.45, 2.75) is 42.5 Å². The van der Waals surface area contributed by atoms with E-state index in [4.69, 9.17) is 0 Å². The molecule has 0 aliphatic heterocycles. The Morgan fingerprint density at radius 3 is 1.00 bits per heavy atom. The summed E-state index contributed by atoms with van der Waals surface area (Å²) in [5.41, 5.74) is 0. The van der Waals surface area contributed by atoms with Crippen LogP contribution in [0.2, 0.25) is 14.8 Å². The van der Waals surface area contributed by atoms with E-state index in [2.05, 4.69) is 86.3 Å². The third-order valence-electron chi connectivity index (χ3n) is 2.95. The van der Waals surface area contributed by atoms with Crippen molar-refractivity contribution in [3.05, 3.63) is 0 Å². The van der Waals surface area contributed by atoms with Crippen LogP contribution in [0, 0.1) is 0 Å². The van der Waals surface area contributed by atoms with Gasteiger partial charge in [0.05, 0.1) is 0 Å². The largest absolute Gasteiger partial charge is 0 e. The Balaban J connectivity index is -0.000000136. The van der Waals surface area contributed by atoms with Crippen LogP contribution >= 0.6 is 15.8 Å². The monoisotopic (exact) mass is 576 g/mol. The molecule has 0 unspecified atom stereocenters. The third kappa shape index (κ3) is 35.4. The first-order chi connectivity index (χ1) is 10.6. The second kappa shape index (κ2) is 25.3. The molecule has 0 saturated carbocycles. The van der Waals surface area contributed by atoms with Gasteiger partial charge in [-0.15, -0.1) is 15.8 Å². The van der Waals surface area contributed by atoms with Crippen molar-refractivity contribution >= 4 is 43.2 Å². The second-order valence-electron chi connectivity index (χ2n) is 6.66. The first-order valence-corrected chi connectivity index (χ1v) is 22.4. The van der Waals surface area contributed by atoms with E-state index >= 15 is 0 Å². The minimum absolute atomic E-state index is 0. The molecular weight excluding hydrogens is 530 g/mol. The minimum Gasteiger partial charge on any atom is 0 e. The third-order valence-corrected chi connectivity index (χ3v) is 5.53. The van der Waals surface area contributed by atoms with Gasteiger partial charge in [-0.05, 0) is 65.2 Å². The van der Waals surface area contributed by atoms with Gasteiger partial charge in [0.2, 0.25) is 0 Å². The molecule has 0 bridgehead atoms. The molecule has 150 valence electrons. The molecule has 24 heavy (non-hydrogen) atoms. The van der Waals surface area contributed by atoms with Crippen LogP contribution in [0.3, 0.4) is 0 Å². The van der Waals surface area contributed by atoms with Gasteiger partial charge in [-0.1, -0.05) is 27.7 Å². The summed E-state index contributed by atoms with van der Waals surface area (Å²) in [4.78, 5) is 11.7. The van der Waals surface area contributed by atoms with E-state index in [0.29, 0.717) is 15.8 Å². The molecule has 0 aliphatic carbocycles. The van der Waals surface area contributed by atoms with Gasteiger partial charge in [-0.25, -0.2) is 0 Å². The standard InChI is InChI=1S/C8H20BN2.C6H16P2.3CH3.Pd.Sn/c1-5-10(6-2)9-11(7-3)8-4;1-7(2)5-6-8(3)4;;;;;/h5-8H2,1-4H3;5-6H2,1-4H3;3*1H3;;. The molecule has 0 atom stereocenters. The maximum atomic E-state index is 2.36. The van der Waals surface area contributed by atoms with E-state index in [9.17, 15) is 0 Å².